The average molecular weight is 633 g/mol. The molecule has 0 unspecified atom stereocenters. The van der Waals surface area contributed by atoms with Crippen molar-refractivity contribution in [2.75, 3.05) is 45.7 Å². The summed E-state index contributed by atoms with van der Waals surface area (Å²) in [6, 6.07) is 8.78. The first-order chi connectivity index (χ1) is 20.5. The summed E-state index contributed by atoms with van der Waals surface area (Å²) < 4.78 is 43.3. The van der Waals surface area contributed by atoms with Crippen LogP contribution in [0.15, 0.2) is 56.8 Å². The number of hydrogen-bond donors (Lipinski definition) is 2. The molecular weight excluding hydrogens is 590 g/mol. The van der Waals surface area contributed by atoms with Gasteiger partial charge in [0.1, 0.15) is 27.1 Å². The number of aromatic nitrogens is 1. The predicted octanol–water partition coefficient (Wildman–Crippen LogP) is 3.42. The van der Waals surface area contributed by atoms with Gasteiger partial charge in [-0.05, 0) is 51.0 Å². The van der Waals surface area contributed by atoms with Crippen LogP contribution in [0, 0.1) is 0 Å². The number of likely N-dealkylation sites (N-methyl/N-ethyl adjacent to an activating group) is 1. The highest BCUT2D eigenvalue weighted by molar-refractivity contribution is 7.85. The van der Waals surface area contributed by atoms with Gasteiger partial charge in [0.2, 0.25) is 0 Å². The Hall–Kier alpha value is -4.07. The van der Waals surface area contributed by atoms with E-state index in [1.54, 1.807) is 16.8 Å². The molecule has 3 rings (SSSR count). The molecule has 2 aromatic heterocycles. The standard InChI is InChI=1S/C26H30N2O7S.C5H11NO2/c1-3-28(4-2)22-12-11-20-16-21(26(31)35-23(20)17-22)10-9-19-13-15-27(18-24(19)36(32,33)34)14-7-5-6-8-25(29)30;1-6(2,3)4-5(7)8/h9-13,15-18H,3-8,14H2,1-2H3,(H-,29,30,32,33,34);4H2,1-3H3/p+1. The third kappa shape index (κ3) is 11.9. The van der Waals surface area contributed by atoms with E-state index in [4.69, 9.17) is 14.6 Å². The van der Waals surface area contributed by atoms with Gasteiger partial charge in [0.05, 0.1) is 26.7 Å². The highest BCUT2D eigenvalue weighted by atomic mass is 32.2. The molecule has 0 aliphatic carbocycles. The fraction of sp³-hybridized carbons (Fsp3) is 0.419. The van der Waals surface area contributed by atoms with Crippen molar-refractivity contribution < 1.29 is 46.2 Å². The highest BCUT2D eigenvalue weighted by Gasteiger charge is 2.15. The van der Waals surface area contributed by atoms with Crippen LogP contribution in [0.4, 0.5) is 5.69 Å². The molecule has 0 spiro atoms. The number of rotatable bonds is 14. The quantitative estimate of drug-likeness (QED) is 0.0883. The molecule has 0 aliphatic rings. The average Bonchev–Trinajstić information content (AvgIpc) is 2.91. The summed E-state index contributed by atoms with van der Waals surface area (Å²) in [7, 11) is 0.748. The number of aliphatic carboxylic acids is 2. The van der Waals surface area contributed by atoms with Crippen molar-refractivity contribution >= 4 is 50.9 Å². The molecule has 13 heteroatoms. The molecule has 0 bridgehead atoms. The number of anilines is 1. The second-order valence-corrected chi connectivity index (χ2v) is 12.6. The van der Waals surface area contributed by atoms with Gasteiger partial charge < -0.3 is 28.6 Å². The Labute approximate surface area is 257 Å². The first-order valence-corrected chi connectivity index (χ1v) is 15.7. The Balaban J connectivity index is 0.000000742. The molecule has 0 atom stereocenters. The van der Waals surface area contributed by atoms with Crippen LogP contribution in [-0.2, 0) is 26.3 Å². The SMILES string of the molecule is CCN(CC)c1ccc2cc(/C=C/c3cc[n+](CCCCCC(=O)O)cc3S(=O)(=O)[O-])c(=O)oc2c1.C[N+](C)(C)CC(=O)O. The number of fused-ring (bicyclic) bond motifs is 1. The molecule has 44 heavy (non-hydrogen) atoms. The number of carboxylic acids is 2. The van der Waals surface area contributed by atoms with E-state index in [2.05, 4.69) is 4.90 Å². The van der Waals surface area contributed by atoms with Crippen LogP contribution in [0.5, 0.6) is 0 Å². The zero-order chi connectivity index (χ0) is 33.1. The third-order valence-electron chi connectivity index (χ3n) is 6.52. The van der Waals surface area contributed by atoms with Crippen molar-refractivity contribution in [3.63, 3.8) is 0 Å². The molecule has 3 aromatic rings. The van der Waals surface area contributed by atoms with Gasteiger partial charge in [-0.1, -0.05) is 6.08 Å². The van der Waals surface area contributed by atoms with Crippen LogP contribution in [0.3, 0.4) is 0 Å². The van der Waals surface area contributed by atoms with Crippen LogP contribution >= 0.6 is 0 Å². The first kappa shape index (κ1) is 36.1. The van der Waals surface area contributed by atoms with Gasteiger partial charge in [-0.25, -0.2) is 22.6 Å². The minimum atomic E-state index is -4.78. The van der Waals surface area contributed by atoms with E-state index in [-0.39, 0.29) is 24.1 Å². The number of aryl methyl sites for hydroxylation is 1. The molecule has 0 fully saturated rings. The topological polar surface area (TPSA) is 169 Å². The maximum absolute atomic E-state index is 12.6. The van der Waals surface area contributed by atoms with Crippen molar-refractivity contribution in [3.8, 4) is 0 Å². The Morgan fingerprint density at radius 3 is 2.18 bits per heavy atom. The normalized spacial score (nSPS) is 11.8. The minimum Gasteiger partial charge on any atom is -0.744 e. The summed E-state index contributed by atoms with van der Waals surface area (Å²) in [6.45, 7) is 6.35. The van der Waals surface area contributed by atoms with E-state index >= 15 is 0 Å². The number of pyridine rings is 1. The third-order valence-corrected chi connectivity index (χ3v) is 7.40. The van der Waals surface area contributed by atoms with Crippen LogP contribution in [0.1, 0.15) is 50.7 Å². The van der Waals surface area contributed by atoms with Gasteiger partial charge in [0.15, 0.2) is 18.9 Å². The number of benzene rings is 1. The molecular formula is C31H42N3O9S+. The lowest BCUT2D eigenvalue weighted by Crippen LogP contribution is -2.39. The fourth-order valence-corrected chi connectivity index (χ4v) is 5.05. The van der Waals surface area contributed by atoms with E-state index in [0.717, 1.165) is 24.2 Å². The van der Waals surface area contributed by atoms with Gasteiger partial charge >= 0.3 is 17.6 Å². The summed E-state index contributed by atoms with van der Waals surface area (Å²) in [5, 5.41) is 17.6. The van der Waals surface area contributed by atoms with Crippen molar-refractivity contribution in [1.29, 1.82) is 0 Å². The van der Waals surface area contributed by atoms with Crippen molar-refractivity contribution in [1.82, 2.24) is 0 Å². The molecule has 0 aliphatic heterocycles. The lowest BCUT2D eigenvalue weighted by atomic mass is 10.1. The number of quaternary nitrogens is 1. The van der Waals surface area contributed by atoms with Crippen molar-refractivity contribution in [2.24, 2.45) is 0 Å². The number of hydrogen-bond acceptors (Lipinski definition) is 8. The Bertz CT molecular complexity index is 1640. The van der Waals surface area contributed by atoms with E-state index in [1.165, 1.54) is 24.4 Å². The van der Waals surface area contributed by atoms with Gasteiger partial charge in [0.25, 0.3) is 0 Å². The largest absolute Gasteiger partial charge is 0.744 e. The Morgan fingerprint density at radius 1 is 0.977 bits per heavy atom. The predicted molar refractivity (Wildman–Crippen MR) is 166 cm³/mol. The molecule has 240 valence electrons. The van der Waals surface area contributed by atoms with Crippen molar-refractivity contribution in [3.05, 3.63) is 64.3 Å². The molecule has 0 amide bonds. The molecule has 2 N–H and O–H groups in total. The monoisotopic (exact) mass is 632 g/mol. The minimum absolute atomic E-state index is 0.0778. The lowest BCUT2D eigenvalue weighted by Gasteiger charge is -2.20. The summed E-state index contributed by atoms with van der Waals surface area (Å²) in [6.07, 6.45) is 7.64. The van der Waals surface area contributed by atoms with Crippen LogP contribution in [0.25, 0.3) is 23.1 Å². The van der Waals surface area contributed by atoms with Crippen LogP contribution in [0.2, 0.25) is 0 Å². The maximum atomic E-state index is 12.6. The van der Waals surface area contributed by atoms with E-state index < -0.39 is 32.6 Å². The van der Waals surface area contributed by atoms with E-state index in [1.807, 2.05) is 53.2 Å². The van der Waals surface area contributed by atoms with Gasteiger partial charge in [-0.2, -0.15) is 0 Å². The van der Waals surface area contributed by atoms with E-state index in [0.29, 0.717) is 35.9 Å². The molecule has 0 radical (unpaired) electrons. The Kier molecular flexibility index (Phi) is 13.2. The fourth-order valence-electron chi connectivity index (χ4n) is 4.36. The Morgan fingerprint density at radius 2 is 1.64 bits per heavy atom. The number of carboxylic acid groups (broad SMARTS) is 2. The number of carbonyl (C=O) groups is 2. The lowest BCUT2D eigenvalue weighted by molar-refractivity contribution is -0.862. The summed E-state index contributed by atoms with van der Waals surface area (Å²) >= 11 is 0. The first-order valence-electron chi connectivity index (χ1n) is 14.3. The van der Waals surface area contributed by atoms with Crippen molar-refractivity contribution in [2.45, 2.75) is 51.0 Å². The van der Waals surface area contributed by atoms with Crippen LogP contribution in [-0.4, -0.2) is 80.4 Å². The van der Waals surface area contributed by atoms with Gasteiger partial charge in [-0.3, -0.25) is 4.79 Å². The van der Waals surface area contributed by atoms with Gasteiger partial charge in [-0.15, -0.1) is 0 Å². The summed E-state index contributed by atoms with van der Waals surface area (Å²) in [5.41, 5.74) is 1.21. The maximum Gasteiger partial charge on any atom is 0.359 e. The second-order valence-electron chi connectivity index (χ2n) is 11.2. The second kappa shape index (κ2) is 16.1. The van der Waals surface area contributed by atoms with E-state index in [9.17, 15) is 27.4 Å². The van der Waals surface area contributed by atoms with Crippen LogP contribution < -0.4 is 15.1 Å². The number of unbranched alkanes of at least 4 members (excludes halogenated alkanes) is 2. The highest BCUT2D eigenvalue weighted by Crippen LogP contribution is 2.23. The molecule has 0 saturated carbocycles. The van der Waals surface area contributed by atoms with Gasteiger partial charge in [0, 0.05) is 54.7 Å². The smallest absolute Gasteiger partial charge is 0.359 e. The summed E-state index contributed by atoms with van der Waals surface area (Å²) in [5.74, 6) is -1.61. The zero-order valence-electron chi connectivity index (χ0n) is 25.9. The molecule has 2 heterocycles. The summed E-state index contributed by atoms with van der Waals surface area (Å²) in [4.78, 5) is 34.9. The zero-order valence-corrected chi connectivity index (χ0v) is 26.7. The molecule has 0 saturated heterocycles. The number of nitrogens with zero attached hydrogens (tertiary/aromatic N) is 3. The molecule has 12 nitrogen and oxygen atoms in total. The molecule has 1 aromatic carbocycles.